The number of hydrogen-bond acceptors (Lipinski definition) is 3. The van der Waals surface area contributed by atoms with Crippen molar-refractivity contribution in [3.63, 3.8) is 0 Å². The zero-order valence-electron chi connectivity index (χ0n) is 8.94. The van der Waals surface area contributed by atoms with Crippen molar-refractivity contribution in [3.05, 3.63) is 42.0 Å². The first-order valence-electron chi connectivity index (χ1n) is 4.89. The first-order valence-corrected chi connectivity index (χ1v) is 4.89. The van der Waals surface area contributed by atoms with E-state index in [0.29, 0.717) is 0 Å². The summed E-state index contributed by atoms with van der Waals surface area (Å²) in [7, 11) is 1.92. The van der Waals surface area contributed by atoms with E-state index in [1.807, 2.05) is 31.6 Å². The number of nitrogens with one attached hydrogen (secondary N) is 1. The topological polar surface area (TPSA) is 42.7 Å². The maximum Gasteiger partial charge on any atom is 0.0815 e. The van der Waals surface area contributed by atoms with Gasteiger partial charge in [0.25, 0.3) is 0 Å². The molecule has 78 valence electrons. The molecule has 0 radical (unpaired) electrons. The summed E-state index contributed by atoms with van der Waals surface area (Å²) in [4.78, 5) is 4.07. The lowest BCUT2D eigenvalue weighted by molar-refractivity contribution is 0.747. The molecule has 2 aromatic rings. The zero-order valence-corrected chi connectivity index (χ0v) is 8.94. The molecule has 0 aromatic carbocycles. The Bertz CT molecular complexity index is 447. The highest BCUT2D eigenvalue weighted by Gasteiger charge is 1.99. The standard InChI is InChI=1S/C11H14N4/c1-9-3-5-12-8-11(9)13-7-10-4-6-15(2)14-10/h3-6,8,13H,7H2,1-2H3. The molecule has 0 unspecified atom stereocenters. The van der Waals surface area contributed by atoms with E-state index >= 15 is 0 Å². The van der Waals surface area contributed by atoms with Crippen molar-refractivity contribution in [2.24, 2.45) is 7.05 Å². The minimum absolute atomic E-state index is 0.730. The van der Waals surface area contributed by atoms with Crippen LogP contribution in [0, 0.1) is 6.92 Å². The van der Waals surface area contributed by atoms with Gasteiger partial charge in [0, 0.05) is 19.4 Å². The summed E-state index contributed by atoms with van der Waals surface area (Å²) in [6.07, 6.45) is 5.56. The van der Waals surface area contributed by atoms with Crippen LogP contribution in [0.1, 0.15) is 11.3 Å². The number of pyridine rings is 1. The Hall–Kier alpha value is -1.84. The molecule has 0 saturated carbocycles. The van der Waals surface area contributed by atoms with E-state index in [9.17, 15) is 0 Å². The predicted octanol–water partition coefficient (Wildman–Crippen LogP) is 1.74. The van der Waals surface area contributed by atoms with Crippen LogP contribution in [0.5, 0.6) is 0 Å². The van der Waals surface area contributed by atoms with Crippen molar-refractivity contribution in [1.29, 1.82) is 0 Å². The van der Waals surface area contributed by atoms with Gasteiger partial charge in [-0.15, -0.1) is 0 Å². The van der Waals surface area contributed by atoms with Crippen molar-refractivity contribution < 1.29 is 0 Å². The lowest BCUT2D eigenvalue weighted by atomic mass is 10.2. The molecule has 0 amide bonds. The highest BCUT2D eigenvalue weighted by atomic mass is 15.3. The molecule has 2 rings (SSSR count). The summed E-state index contributed by atoms with van der Waals surface area (Å²) in [6.45, 7) is 2.79. The van der Waals surface area contributed by atoms with E-state index in [0.717, 1.165) is 17.9 Å². The van der Waals surface area contributed by atoms with Gasteiger partial charge in [-0.25, -0.2) is 0 Å². The Morgan fingerprint density at radius 1 is 1.40 bits per heavy atom. The van der Waals surface area contributed by atoms with E-state index in [-0.39, 0.29) is 0 Å². The van der Waals surface area contributed by atoms with E-state index in [4.69, 9.17) is 0 Å². The molecule has 15 heavy (non-hydrogen) atoms. The SMILES string of the molecule is Cc1ccncc1NCc1ccn(C)n1. The molecule has 1 N–H and O–H groups in total. The van der Waals surface area contributed by atoms with Gasteiger partial charge < -0.3 is 5.32 Å². The van der Waals surface area contributed by atoms with Gasteiger partial charge in [0.15, 0.2) is 0 Å². The fourth-order valence-corrected chi connectivity index (χ4v) is 1.39. The molecule has 4 heteroatoms. The molecular weight excluding hydrogens is 188 g/mol. The summed E-state index contributed by atoms with van der Waals surface area (Å²) in [5.41, 5.74) is 3.28. The molecule has 0 bridgehead atoms. The molecule has 2 aromatic heterocycles. The van der Waals surface area contributed by atoms with Crippen LogP contribution in [-0.4, -0.2) is 14.8 Å². The number of aryl methyl sites for hydroxylation is 2. The van der Waals surface area contributed by atoms with Crippen LogP contribution in [0.2, 0.25) is 0 Å². The van der Waals surface area contributed by atoms with Gasteiger partial charge in [-0.2, -0.15) is 5.10 Å². The number of anilines is 1. The van der Waals surface area contributed by atoms with Gasteiger partial charge in [-0.05, 0) is 24.6 Å². The second-order valence-corrected chi connectivity index (χ2v) is 3.52. The molecule has 0 fully saturated rings. The van der Waals surface area contributed by atoms with Gasteiger partial charge in [0.2, 0.25) is 0 Å². The highest BCUT2D eigenvalue weighted by molar-refractivity contribution is 5.47. The van der Waals surface area contributed by atoms with Gasteiger partial charge >= 0.3 is 0 Å². The fourth-order valence-electron chi connectivity index (χ4n) is 1.39. The highest BCUT2D eigenvalue weighted by Crippen LogP contribution is 2.12. The Morgan fingerprint density at radius 3 is 2.93 bits per heavy atom. The average Bonchev–Trinajstić information content (AvgIpc) is 2.63. The van der Waals surface area contributed by atoms with Crippen LogP contribution in [0.3, 0.4) is 0 Å². The first kappa shape index (κ1) is 9.71. The van der Waals surface area contributed by atoms with Crippen LogP contribution in [0.15, 0.2) is 30.7 Å². The molecule has 0 atom stereocenters. The van der Waals surface area contributed by atoms with Crippen LogP contribution in [0.25, 0.3) is 0 Å². The van der Waals surface area contributed by atoms with Crippen LogP contribution in [-0.2, 0) is 13.6 Å². The van der Waals surface area contributed by atoms with E-state index in [1.165, 1.54) is 5.56 Å². The van der Waals surface area contributed by atoms with Gasteiger partial charge in [0.1, 0.15) is 0 Å². The maximum absolute atomic E-state index is 4.29. The Balaban J connectivity index is 2.02. The molecular formula is C11H14N4. The second-order valence-electron chi connectivity index (χ2n) is 3.52. The molecule has 0 aliphatic rings. The Labute approximate surface area is 89.0 Å². The monoisotopic (exact) mass is 202 g/mol. The molecule has 0 aliphatic heterocycles. The van der Waals surface area contributed by atoms with Gasteiger partial charge in [0.05, 0.1) is 24.1 Å². The number of nitrogens with zero attached hydrogens (tertiary/aromatic N) is 3. The third-order valence-corrected chi connectivity index (χ3v) is 2.27. The summed E-state index contributed by atoms with van der Waals surface area (Å²) in [6, 6.07) is 3.99. The summed E-state index contributed by atoms with van der Waals surface area (Å²) in [5, 5.41) is 7.59. The van der Waals surface area contributed by atoms with Crippen molar-refractivity contribution in [3.8, 4) is 0 Å². The maximum atomic E-state index is 4.29. The first-order chi connectivity index (χ1) is 7.25. The summed E-state index contributed by atoms with van der Waals surface area (Å²) >= 11 is 0. The van der Waals surface area contributed by atoms with Crippen molar-refractivity contribution in [2.75, 3.05) is 5.32 Å². The second kappa shape index (κ2) is 4.13. The Kier molecular flexibility index (Phi) is 2.67. The third-order valence-electron chi connectivity index (χ3n) is 2.27. The van der Waals surface area contributed by atoms with Crippen molar-refractivity contribution in [1.82, 2.24) is 14.8 Å². The smallest absolute Gasteiger partial charge is 0.0815 e. The molecule has 0 aliphatic carbocycles. The largest absolute Gasteiger partial charge is 0.378 e. The van der Waals surface area contributed by atoms with E-state index in [2.05, 4.69) is 22.3 Å². The quantitative estimate of drug-likeness (QED) is 0.824. The van der Waals surface area contributed by atoms with Crippen molar-refractivity contribution >= 4 is 5.69 Å². The summed E-state index contributed by atoms with van der Waals surface area (Å²) in [5.74, 6) is 0. The molecule has 4 nitrogen and oxygen atoms in total. The fraction of sp³-hybridized carbons (Fsp3) is 0.273. The van der Waals surface area contributed by atoms with Gasteiger partial charge in [-0.1, -0.05) is 0 Å². The lowest BCUT2D eigenvalue weighted by Crippen LogP contribution is -2.02. The number of rotatable bonds is 3. The minimum Gasteiger partial charge on any atom is -0.378 e. The minimum atomic E-state index is 0.730. The molecule has 0 saturated heterocycles. The lowest BCUT2D eigenvalue weighted by Gasteiger charge is -2.06. The van der Waals surface area contributed by atoms with Crippen LogP contribution < -0.4 is 5.32 Å². The number of hydrogen-bond donors (Lipinski definition) is 1. The number of aromatic nitrogens is 3. The third kappa shape index (κ3) is 2.34. The normalized spacial score (nSPS) is 10.3. The molecule has 2 heterocycles. The average molecular weight is 202 g/mol. The van der Waals surface area contributed by atoms with E-state index in [1.54, 1.807) is 10.9 Å². The predicted molar refractivity (Wildman–Crippen MR) is 59.5 cm³/mol. The van der Waals surface area contributed by atoms with Gasteiger partial charge in [-0.3, -0.25) is 9.67 Å². The molecule has 0 spiro atoms. The van der Waals surface area contributed by atoms with Crippen LogP contribution in [0.4, 0.5) is 5.69 Å². The Morgan fingerprint density at radius 2 is 2.27 bits per heavy atom. The zero-order chi connectivity index (χ0) is 10.7. The van der Waals surface area contributed by atoms with Crippen LogP contribution >= 0.6 is 0 Å². The van der Waals surface area contributed by atoms with E-state index < -0.39 is 0 Å². The van der Waals surface area contributed by atoms with Crippen molar-refractivity contribution in [2.45, 2.75) is 13.5 Å². The summed E-state index contributed by atoms with van der Waals surface area (Å²) < 4.78 is 1.80.